The molecule has 0 radical (unpaired) electrons. The number of nitrogens with zero attached hydrogens (tertiary/aromatic N) is 1. The number of hydrogen-bond acceptors (Lipinski definition) is 3. The standard InChI is InChI=1S/C19H24ClNO2/c1-14-12-21(13-15(2)23-14)10-5-11-22-19-9-8-18(20)16-6-3-4-7-17(16)19/h3-4,6-9,14-15H,5,10-13H2,1-2H3/t14-,15-/m0/s1. The molecule has 0 amide bonds. The van der Waals surface area contributed by atoms with Gasteiger partial charge in [0.05, 0.1) is 18.8 Å². The lowest BCUT2D eigenvalue weighted by molar-refractivity contribution is -0.0686. The average Bonchev–Trinajstić information content (AvgIpc) is 2.53. The van der Waals surface area contributed by atoms with Gasteiger partial charge in [-0.05, 0) is 32.4 Å². The lowest BCUT2D eigenvalue weighted by Crippen LogP contribution is -2.45. The van der Waals surface area contributed by atoms with Gasteiger partial charge < -0.3 is 9.47 Å². The monoisotopic (exact) mass is 333 g/mol. The second kappa shape index (κ2) is 7.52. The number of morpholine rings is 1. The van der Waals surface area contributed by atoms with Crippen LogP contribution in [0.5, 0.6) is 5.75 Å². The van der Waals surface area contributed by atoms with E-state index in [-0.39, 0.29) is 0 Å². The fourth-order valence-electron chi connectivity index (χ4n) is 3.30. The minimum atomic E-state index is 0.319. The first-order chi connectivity index (χ1) is 11.1. The summed E-state index contributed by atoms with van der Waals surface area (Å²) in [4.78, 5) is 2.46. The zero-order valence-corrected chi connectivity index (χ0v) is 14.6. The summed E-state index contributed by atoms with van der Waals surface area (Å²) in [6.45, 7) is 8.05. The molecule has 0 saturated carbocycles. The van der Waals surface area contributed by atoms with E-state index >= 15 is 0 Å². The first kappa shape index (κ1) is 16.6. The first-order valence-corrected chi connectivity index (χ1v) is 8.69. The van der Waals surface area contributed by atoms with Crippen molar-refractivity contribution in [3.63, 3.8) is 0 Å². The summed E-state index contributed by atoms with van der Waals surface area (Å²) in [5.41, 5.74) is 0. The molecule has 4 heteroatoms. The molecule has 2 aromatic rings. The Hall–Kier alpha value is -1.29. The molecule has 1 aliphatic heterocycles. The SMILES string of the molecule is C[C@H]1CN(CCCOc2ccc(Cl)c3ccccc23)C[C@H](C)O1. The number of halogens is 1. The van der Waals surface area contributed by atoms with Crippen molar-refractivity contribution in [3.05, 3.63) is 41.4 Å². The van der Waals surface area contributed by atoms with E-state index in [2.05, 4.69) is 24.8 Å². The van der Waals surface area contributed by atoms with E-state index in [0.29, 0.717) is 18.8 Å². The van der Waals surface area contributed by atoms with Crippen molar-refractivity contribution < 1.29 is 9.47 Å². The van der Waals surface area contributed by atoms with E-state index in [1.807, 2.05) is 30.3 Å². The second-order valence-corrected chi connectivity index (χ2v) is 6.72. The van der Waals surface area contributed by atoms with Crippen LogP contribution in [0.25, 0.3) is 10.8 Å². The molecule has 0 spiro atoms. The molecule has 124 valence electrons. The van der Waals surface area contributed by atoms with Crippen molar-refractivity contribution in [2.24, 2.45) is 0 Å². The molecule has 1 aliphatic rings. The van der Waals surface area contributed by atoms with E-state index < -0.39 is 0 Å². The summed E-state index contributed by atoms with van der Waals surface area (Å²) in [6.07, 6.45) is 1.65. The maximum Gasteiger partial charge on any atom is 0.127 e. The van der Waals surface area contributed by atoms with Gasteiger partial charge >= 0.3 is 0 Å². The summed E-state index contributed by atoms with van der Waals surface area (Å²) in [5, 5.41) is 2.89. The number of ether oxygens (including phenoxy) is 2. The van der Waals surface area contributed by atoms with Gasteiger partial charge in [0.2, 0.25) is 0 Å². The second-order valence-electron chi connectivity index (χ2n) is 6.31. The smallest absolute Gasteiger partial charge is 0.127 e. The minimum Gasteiger partial charge on any atom is -0.493 e. The Balaban J connectivity index is 1.54. The minimum absolute atomic E-state index is 0.319. The number of benzene rings is 2. The Morgan fingerprint density at radius 3 is 2.52 bits per heavy atom. The van der Waals surface area contributed by atoms with Gasteiger partial charge in [-0.1, -0.05) is 35.9 Å². The third-order valence-corrected chi connectivity index (χ3v) is 4.53. The van der Waals surface area contributed by atoms with Gasteiger partial charge in [0.1, 0.15) is 5.75 Å². The fraction of sp³-hybridized carbons (Fsp3) is 0.474. The van der Waals surface area contributed by atoms with Crippen LogP contribution in [0.1, 0.15) is 20.3 Å². The van der Waals surface area contributed by atoms with Crippen molar-refractivity contribution in [2.45, 2.75) is 32.5 Å². The predicted octanol–water partition coefficient (Wildman–Crippen LogP) is 4.37. The van der Waals surface area contributed by atoms with Crippen molar-refractivity contribution >= 4 is 22.4 Å². The molecule has 23 heavy (non-hydrogen) atoms. The molecule has 0 unspecified atom stereocenters. The third kappa shape index (κ3) is 4.17. The maximum absolute atomic E-state index is 6.25. The van der Waals surface area contributed by atoms with Crippen molar-refractivity contribution in [2.75, 3.05) is 26.2 Å². The Morgan fingerprint density at radius 2 is 1.78 bits per heavy atom. The molecule has 0 aromatic heterocycles. The quantitative estimate of drug-likeness (QED) is 0.758. The maximum atomic E-state index is 6.25. The molecule has 0 N–H and O–H groups in total. The number of fused-ring (bicyclic) bond motifs is 1. The molecule has 1 fully saturated rings. The number of rotatable bonds is 5. The van der Waals surface area contributed by atoms with E-state index in [1.54, 1.807) is 0 Å². The summed E-state index contributed by atoms with van der Waals surface area (Å²) in [7, 11) is 0. The van der Waals surface area contributed by atoms with Gasteiger partial charge in [0.15, 0.2) is 0 Å². The van der Waals surface area contributed by atoms with Crippen molar-refractivity contribution in [1.82, 2.24) is 4.90 Å². The average molecular weight is 334 g/mol. The van der Waals surface area contributed by atoms with Crippen molar-refractivity contribution in [1.29, 1.82) is 0 Å². The first-order valence-electron chi connectivity index (χ1n) is 8.31. The van der Waals surface area contributed by atoms with Gasteiger partial charge in [-0.2, -0.15) is 0 Å². The van der Waals surface area contributed by atoms with Gasteiger partial charge in [-0.15, -0.1) is 0 Å². The predicted molar refractivity (Wildman–Crippen MR) is 95.5 cm³/mol. The molecular weight excluding hydrogens is 310 g/mol. The molecule has 0 aliphatic carbocycles. The van der Waals surface area contributed by atoms with Gasteiger partial charge in [0.25, 0.3) is 0 Å². The number of hydrogen-bond donors (Lipinski definition) is 0. The van der Waals surface area contributed by atoms with Crippen LogP contribution in [-0.2, 0) is 4.74 Å². The highest BCUT2D eigenvalue weighted by Gasteiger charge is 2.21. The van der Waals surface area contributed by atoms with E-state index in [4.69, 9.17) is 21.1 Å². The van der Waals surface area contributed by atoms with Crippen LogP contribution >= 0.6 is 11.6 Å². The van der Waals surface area contributed by atoms with Gasteiger partial charge in [-0.25, -0.2) is 0 Å². The van der Waals surface area contributed by atoms with Gasteiger partial charge in [-0.3, -0.25) is 4.90 Å². The van der Waals surface area contributed by atoms with Crippen LogP contribution in [0.2, 0.25) is 5.02 Å². The summed E-state index contributed by atoms with van der Waals surface area (Å²) in [6, 6.07) is 12.0. The Kier molecular flexibility index (Phi) is 5.42. The Morgan fingerprint density at radius 1 is 1.09 bits per heavy atom. The summed E-state index contributed by atoms with van der Waals surface area (Å²) < 4.78 is 11.8. The molecule has 2 aromatic carbocycles. The highest BCUT2D eigenvalue weighted by atomic mass is 35.5. The lowest BCUT2D eigenvalue weighted by atomic mass is 10.1. The van der Waals surface area contributed by atoms with E-state index in [1.165, 1.54) is 0 Å². The molecule has 3 rings (SSSR count). The lowest BCUT2D eigenvalue weighted by Gasteiger charge is -2.35. The van der Waals surface area contributed by atoms with Crippen molar-refractivity contribution in [3.8, 4) is 5.75 Å². The zero-order valence-electron chi connectivity index (χ0n) is 13.8. The Labute approximate surface area is 143 Å². The highest BCUT2D eigenvalue weighted by Crippen LogP contribution is 2.31. The molecule has 1 heterocycles. The largest absolute Gasteiger partial charge is 0.493 e. The van der Waals surface area contributed by atoms with Gasteiger partial charge in [0, 0.05) is 35.4 Å². The molecule has 3 nitrogen and oxygen atoms in total. The van der Waals surface area contributed by atoms with Crippen LogP contribution < -0.4 is 4.74 Å². The molecule has 1 saturated heterocycles. The zero-order chi connectivity index (χ0) is 16.2. The molecule has 2 atom stereocenters. The fourth-order valence-corrected chi connectivity index (χ4v) is 3.53. The highest BCUT2D eigenvalue weighted by molar-refractivity contribution is 6.35. The van der Waals surface area contributed by atoms with Crippen LogP contribution in [0.15, 0.2) is 36.4 Å². The Bertz CT molecular complexity index is 651. The van der Waals surface area contributed by atoms with Crippen LogP contribution in [0.4, 0.5) is 0 Å². The van der Waals surface area contributed by atoms with E-state index in [0.717, 1.165) is 47.6 Å². The van der Waals surface area contributed by atoms with Crippen LogP contribution in [0.3, 0.4) is 0 Å². The normalized spacial score (nSPS) is 22.4. The summed E-state index contributed by atoms with van der Waals surface area (Å²) >= 11 is 6.25. The van der Waals surface area contributed by atoms with E-state index in [9.17, 15) is 0 Å². The van der Waals surface area contributed by atoms with Crippen LogP contribution in [0, 0.1) is 0 Å². The molecular formula is C19H24ClNO2. The molecule has 0 bridgehead atoms. The van der Waals surface area contributed by atoms with Crippen LogP contribution in [-0.4, -0.2) is 43.3 Å². The third-order valence-electron chi connectivity index (χ3n) is 4.20. The topological polar surface area (TPSA) is 21.7 Å². The summed E-state index contributed by atoms with van der Waals surface area (Å²) in [5.74, 6) is 0.911.